The van der Waals surface area contributed by atoms with Gasteiger partial charge in [-0.2, -0.15) is 0 Å². The molecule has 4 nitrogen and oxygen atoms in total. The highest BCUT2D eigenvalue weighted by atomic mass is 35.5. The van der Waals surface area contributed by atoms with E-state index >= 15 is 0 Å². The topological polar surface area (TPSA) is 46.9 Å². The Labute approximate surface area is 127 Å². The molecule has 2 aromatic carbocycles. The van der Waals surface area contributed by atoms with Gasteiger partial charge in [-0.3, -0.25) is 4.79 Å². The largest absolute Gasteiger partial charge is 0.322 e. The lowest BCUT2D eigenvalue weighted by molar-refractivity contribution is 0.102. The molecule has 0 saturated heterocycles. The van der Waals surface area contributed by atoms with Gasteiger partial charge in [-0.25, -0.2) is 4.98 Å². The van der Waals surface area contributed by atoms with Crippen LogP contribution in [0.1, 0.15) is 10.4 Å². The second-order valence-corrected chi connectivity index (χ2v) is 4.91. The number of aromatic nitrogens is 2. The minimum absolute atomic E-state index is 0.165. The van der Waals surface area contributed by atoms with Crippen molar-refractivity contribution in [3.63, 3.8) is 0 Å². The molecule has 3 aromatic rings. The molecule has 1 amide bonds. The molecule has 0 atom stereocenters. The van der Waals surface area contributed by atoms with Crippen molar-refractivity contribution in [3.05, 3.63) is 77.8 Å². The van der Waals surface area contributed by atoms with Crippen molar-refractivity contribution in [2.45, 2.75) is 0 Å². The highest BCUT2D eigenvalue weighted by Crippen LogP contribution is 2.15. The van der Waals surface area contributed by atoms with Gasteiger partial charge in [-0.1, -0.05) is 11.6 Å². The van der Waals surface area contributed by atoms with Crippen LogP contribution in [0.15, 0.2) is 67.3 Å². The van der Waals surface area contributed by atoms with E-state index in [0.29, 0.717) is 10.6 Å². The van der Waals surface area contributed by atoms with Crippen molar-refractivity contribution in [3.8, 4) is 5.69 Å². The Morgan fingerprint density at radius 2 is 1.76 bits per heavy atom. The summed E-state index contributed by atoms with van der Waals surface area (Å²) >= 11 is 5.80. The van der Waals surface area contributed by atoms with Gasteiger partial charge in [0, 0.05) is 34.4 Å². The van der Waals surface area contributed by atoms with E-state index in [1.54, 1.807) is 36.8 Å². The van der Waals surface area contributed by atoms with Crippen LogP contribution in [0.5, 0.6) is 0 Å². The molecule has 104 valence electrons. The molecule has 1 N–H and O–H groups in total. The second-order valence-electron chi connectivity index (χ2n) is 4.48. The van der Waals surface area contributed by atoms with E-state index in [4.69, 9.17) is 11.6 Å². The summed E-state index contributed by atoms with van der Waals surface area (Å²) < 4.78 is 1.89. The smallest absolute Gasteiger partial charge is 0.255 e. The summed E-state index contributed by atoms with van der Waals surface area (Å²) in [7, 11) is 0. The third-order valence-electron chi connectivity index (χ3n) is 3.03. The Kier molecular flexibility index (Phi) is 3.71. The summed E-state index contributed by atoms with van der Waals surface area (Å²) in [5.41, 5.74) is 2.29. The van der Waals surface area contributed by atoms with Crippen molar-refractivity contribution in [1.82, 2.24) is 9.55 Å². The number of carbonyl (C=O) groups excluding carboxylic acids is 1. The summed E-state index contributed by atoms with van der Waals surface area (Å²) in [4.78, 5) is 16.1. The monoisotopic (exact) mass is 297 g/mol. The lowest BCUT2D eigenvalue weighted by Gasteiger charge is -2.07. The zero-order valence-electron chi connectivity index (χ0n) is 11.0. The summed E-state index contributed by atoms with van der Waals surface area (Å²) in [6.07, 6.45) is 5.30. The van der Waals surface area contributed by atoms with Crippen molar-refractivity contribution >= 4 is 23.2 Å². The number of benzene rings is 2. The van der Waals surface area contributed by atoms with E-state index in [1.165, 1.54) is 0 Å². The van der Waals surface area contributed by atoms with Crippen LogP contribution in [0.4, 0.5) is 5.69 Å². The van der Waals surface area contributed by atoms with Crippen LogP contribution >= 0.6 is 11.6 Å². The molecule has 0 aliphatic carbocycles. The fraction of sp³-hybridized carbons (Fsp3) is 0. The first kappa shape index (κ1) is 13.4. The first-order chi connectivity index (χ1) is 10.2. The zero-order chi connectivity index (χ0) is 14.7. The quantitative estimate of drug-likeness (QED) is 0.800. The number of hydrogen-bond donors (Lipinski definition) is 1. The van der Waals surface area contributed by atoms with E-state index in [2.05, 4.69) is 10.3 Å². The van der Waals surface area contributed by atoms with Crippen LogP contribution in [0.2, 0.25) is 5.02 Å². The number of imidazole rings is 1. The van der Waals surface area contributed by atoms with Crippen LogP contribution in [0, 0.1) is 0 Å². The maximum atomic E-state index is 12.1. The molecule has 5 heteroatoms. The van der Waals surface area contributed by atoms with E-state index in [-0.39, 0.29) is 5.91 Å². The lowest BCUT2D eigenvalue weighted by atomic mass is 10.2. The van der Waals surface area contributed by atoms with E-state index in [1.807, 2.05) is 35.0 Å². The lowest BCUT2D eigenvalue weighted by Crippen LogP contribution is -2.11. The fourth-order valence-corrected chi connectivity index (χ4v) is 2.06. The minimum Gasteiger partial charge on any atom is -0.322 e. The summed E-state index contributed by atoms with van der Waals surface area (Å²) in [6, 6.07) is 14.3. The Hall–Kier alpha value is -2.59. The standard InChI is InChI=1S/C16H12ClN3O/c17-13-3-1-12(2-4-13)16(21)19-14-5-7-15(8-6-14)20-10-9-18-11-20/h1-11H,(H,19,21). The summed E-state index contributed by atoms with van der Waals surface area (Å²) in [5, 5.41) is 3.45. The molecule has 1 heterocycles. The van der Waals surface area contributed by atoms with Gasteiger partial charge in [-0.15, -0.1) is 0 Å². The highest BCUT2D eigenvalue weighted by molar-refractivity contribution is 6.30. The fourth-order valence-electron chi connectivity index (χ4n) is 1.93. The number of amides is 1. The van der Waals surface area contributed by atoms with Gasteiger partial charge in [0.15, 0.2) is 0 Å². The van der Waals surface area contributed by atoms with Crippen molar-refractivity contribution in [1.29, 1.82) is 0 Å². The zero-order valence-corrected chi connectivity index (χ0v) is 11.8. The molecule has 0 radical (unpaired) electrons. The van der Waals surface area contributed by atoms with Crippen LogP contribution in [0.3, 0.4) is 0 Å². The van der Waals surface area contributed by atoms with Crippen molar-refractivity contribution in [2.75, 3.05) is 5.32 Å². The molecule has 21 heavy (non-hydrogen) atoms. The van der Waals surface area contributed by atoms with Crippen LogP contribution in [0.25, 0.3) is 5.69 Å². The van der Waals surface area contributed by atoms with Gasteiger partial charge in [0.1, 0.15) is 0 Å². The summed E-state index contributed by atoms with van der Waals surface area (Å²) in [6.45, 7) is 0. The Balaban J connectivity index is 1.73. The third kappa shape index (κ3) is 3.12. The van der Waals surface area contributed by atoms with Gasteiger partial charge in [0.2, 0.25) is 0 Å². The third-order valence-corrected chi connectivity index (χ3v) is 3.29. The van der Waals surface area contributed by atoms with Gasteiger partial charge in [0.25, 0.3) is 5.91 Å². The molecule has 0 bridgehead atoms. The Bertz CT molecular complexity index is 734. The summed E-state index contributed by atoms with van der Waals surface area (Å²) in [5.74, 6) is -0.165. The van der Waals surface area contributed by atoms with E-state index < -0.39 is 0 Å². The van der Waals surface area contributed by atoms with Gasteiger partial charge in [-0.05, 0) is 48.5 Å². The molecule has 1 aromatic heterocycles. The number of halogens is 1. The van der Waals surface area contributed by atoms with Gasteiger partial charge >= 0.3 is 0 Å². The predicted octanol–water partition coefficient (Wildman–Crippen LogP) is 3.78. The van der Waals surface area contributed by atoms with Crippen LogP contribution in [-0.2, 0) is 0 Å². The molecule has 0 spiro atoms. The number of rotatable bonds is 3. The molecule has 0 aliphatic heterocycles. The normalized spacial score (nSPS) is 10.3. The maximum Gasteiger partial charge on any atom is 0.255 e. The van der Waals surface area contributed by atoms with E-state index in [9.17, 15) is 4.79 Å². The molecule has 0 fully saturated rings. The predicted molar refractivity (Wildman–Crippen MR) is 83.0 cm³/mol. The SMILES string of the molecule is O=C(Nc1ccc(-n2ccnc2)cc1)c1ccc(Cl)cc1. The molecular formula is C16H12ClN3O. The molecular weight excluding hydrogens is 286 g/mol. The highest BCUT2D eigenvalue weighted by Gasteiger charge is 2.06. The minimum atomic E-state index is -0.165. The molecule has 0 aliphatic rings. The van der Waals surface area contributed by atoms with Crippen molar-refractivity contribution in [2.24, 2.45) is 0 Å². The average Bonchev–Trinajstić information content (AvgIpc) is 3.03. The Morgan fingerprint density at radius 3 is 2.38 bits per heavy atom. The van der Waals surface area contributed by atoms with Gasteiger partial charge < -0.3 is 9.88 Å². The number of nitrogens with one attached hydrogen (secondary N) is 1. The molecule has 3 rings (SSSR count). The Morgan fingerprint density at radius 1 is 1.05 bits per heavy atom. The number of nitrogens with zero attached hydrogens (tertiary/aromatic N) is 2. The van der Waals surface area contributed by atoms with E-state index in [0.717, 1.165) is 11.4 Å². The first-order valence-corrected chi connectivity index (χ1v) is 6.75. The second kappa shape index (κ2) is 5.81. The molecule has 0 unspecified atom stereocenters. The number of anilines is 1. The average molecular weight is 298 g/mol. The van der Waals surface area contributed by atoms with Gasteiger partial charge in [0.05, 0.1) is 6.33 Å². The van der Waals surface area contributed by atoms with Crippen LogP contribution < -0.4 is 5.32 Å². The number of hydrogen-bond acceptors (Lipinski definition) is 2. The van der Waals surface area contributed by atoms with Crippen molar-refractivity contribution < 1.29 is 4.79 Å². The maximum absolute atomic E-state index is 12.1. The number of carbonyl (C=O) groups is 1. The van der Waals surface area contributed by atoms with Crippen LogP contribution in [-0.4, -0.2) is 15.5 Å². The molecule has 0 saturated carbocycles. The first-order valence-electron chi connectivity index (χ1n) is 6.38.